The molecule has 0 fully saturated rings. The third-order valence-corrected chi connectivity index (χ3v) is 4.75. The van der Waals surface area contributed by atoms with E-state index in [0.717, 1.165) is 22.7 Å². The number of aromatic nitrogens is 2. The zero-order valence-corrected chi connectivity index (χ0v) is 18.0. The molecule has 0 radical (unpaired) electrons. The number of amides is 1. The summed E-state index contributed by atoms with van der Waals surface area (Å²) in [6, 6.07) is 15.0. The summed E-state index contributed by atoms with van der Waals surface area (Å²) in [7, 11) is 1.63. The molecule has 0 aliphatic carbocycles. The van der Waals surface area contributed by atoms with Crippen molar-refractivity contribution in [3.05, 3.63) is 59.8 Å². The van der Waals surface area contributed by atoms with Crippen LogP contribution in [0.3, 0.4) is 0 Å². The fourth-order valence-electron chi connectivity index (χ4n) is 3.21. The average molecular weight is 435 g/mol. The maximum atomic E-state index is 12.2. The van der Waals surface area contributed by atoms with Gasteiger partial charge in [0.2, 0.25) is 18.6 Å². The summed E-state index contributed by atoms with van der Waals surface area (Å²) in [5, 5.41) is 9.30. The molecule has 1 aromatic heterocycles. The van der Waals surface area contributed by atoms with Gasteiger partial charge < -0.3 is 30.2 Å². The average Bonchev–Trinajstić information content (AvgIpc) is 3.25. The zero-order chi connectivity index (χ0) is 22.3. The number of benzene rings is 2. The lowest BCUT2D eigenvalue weighted by molar-refractivity contribution is -0.120. The maximum Gasteiger partial charge on any atom is 0.231 e. The van der Waals surface area contributed by atoms with Crippen molar-refractivity contribution in [2.24, 2.45) is 0 Å². The van der Waals surface area contributed by atoms with E-state index in [-0.39, 0.29) is 19.1 Å². The van der Waals surface area contributed by atoms with Gasteiger partial charge in [0, 0.05) is 30.5 Å². The van der Waals surface area contributed by atoms with Crippen LogP contribution in [0.1, 0.15) is 11.3 Å². The van der Waals surface area contributed by atoms with E-state index in [2.05, 4.69) is 25.9 Å². The quantitative estimate of drug-likeness (QED) is 0.441. The monoisotopic (exact) mass is 435 g/mol. The minimum Gasteiger partial charge on any atom is -0.497 e. The Hall–Kier alpha value is -4.01. The molecule has 1 aliphatic heterocycles. The van der Waals surface area contributed by atoms with Gasteiger partial charge in [0.1, 0.15) is 11.6 Å². The summed E-state index contributed by atoms with van der Waals surface area (Å²) >= 11 is 0. The second-order valence-corrected chi connectivity index (χ2v) is 7.21. The number of ether oxygens (including phenoxy) is 3. The largest absolute Gasteiger partial charge is 0.497 e. The molecule has 0 saturated heterocycles. The van der Waals surface area contributed by atoms with Crippen LogP contribution in [-0.2, 0) is 11.2 Å². The summed E-state index contributed by atoms with van der Waals surface area (Å²) in [5.41, 5.74) is 2.59. The molecule has 3 N–H and O–H groups in total. The molecule has 9 heteroatoms. The number of hydrogen-bond acceptors (Lipinski definition) is 8. The Bertz CT molecular complexity index is 1090. The molecule has 0 bridgehead atoms. The first-order valence-corrected chi connectivity index (χ1v) is 10.2. The SMILES string of the molecule is COc1ccc(Nc2cc(C)nc(NCCNC(=O)Cc3ccc4c(c3)OCO4)n2)cc1. The fourth-order valence-corrected chi connectivity index (χ4v) is 3.21. The molecule has 0 atom stereocenters. The molecule has 1 amide bonds. The smallest absolute Gasteiger partial charge is 0.231 e. The maximum absolute atomic E-state index is 12.2. The van der Waals surface area contributed by atoms with Gasteiger partial charge in [0.05, 0.1) is 13.5 Å². The Kier molecular flexibility index (Phi) is 6.54. The van der Waals surface area contributed by atoms with Gasteiger partial charge in [-0.15, -0.1) is 0 Å². The van der Waals surface area contributed by atoms with E-state index >= 15 is 0 Å². The highest BCUT2D eigenvalue weighted by atomic mass is 16.7. The lowest BCUT2D eigenvalue weighted by Gasteiger charge is -2.11. The van der Waals surface area contributed by atoms with Gasteiger partial charge in [0.25, 0.3) is 0 Å². The highest BCUT2D eigenvalue weighted by molar-refractivity contribution is 5.78. The van der Waals surface area contributed by atoms with E-state index in [1.165, 1.54) is 0 Å². The molecule has 4 rings (SSSR count). The molecule has 0 spiro atoms. The molecular weight excluding hydrogens is 410 g/mol. The second kappa shape index (κ2) is 9.86. The van der Waals surface area contributed by atoms with E-state index in [4.69, 9.17) is 14.2 Å². The number of aryl methyl sites for hydroxylation is 1. The number of fused-ring (bicyclic) bond motifs is 1. The molecule has 0 saturated carbocycles. The van der Waals surface area contributed by atoms with Crippen molar-refractivity contribution in [2.45, 2.75) is 13.3 Å². The number of carbonyl (C=O) groups excluding carboxylic acids is 1. The van der Waals surface area contributed by atoms with Crippen LogP contribution in [0.25, 0.3) is 0 Å². The standard InChI is InChI=1S/C23H25N5O4/c1-15-11-21(27-17-4-6-18(30-2)7-5-17)28-23(26-15)25-10-9-24-22(29)13-16-3-8-19-20(12-16)32-14-31-19/h3-8,11-12H,9-10,13-14H2,1-2H3,(H,24,29)(H2,25,26,27,28). The molecule has 2 heterocycles. The van der Waals surface area contributed by atoms with Crippen LogP contribution in [0.4, 0.5) is 17.5 Å². The van der Waals surface area contributed by atoms with Gasteiger partial charge in [-0.25, -0.2) is 4.98 Å². The van der Waals surface area contributed by atoms with Crippen molar-refractivity contribution < 1.29 is 19.0 Å². The first kappa shape index (κ1) is 21.2. The van der Waals surface area contributed by atoms with E-state index in [9.17, 15) is 4.79 Å². The normalized spacial score (nSPS) is 11.7. The predicted octanol–water partition coefficient (Wildman–Crippen LogP) is 3.04. The van der Waals surface area contributed by atoms with Crippen LogP contribution in [0.2, 0.25) is 0 Å². The number of carbonyl (C=O) groups is 1. The zero-order valence-electron chi connectivity index (χ0n) is 18.0. The minimum atomic E-state index is -0.0716. The second-order valence-electron chi connectivity index (χ2n) is 7.21. The van der Waals surface area contributed by atoms with Gasteiger partial charge in [-0.3, -0.25) is 4.79 Å². The van der Waals surface area contributed by atoms with Crippen molar-refractivity contribution in [2.75, 3.05) is 37.6 Å². The van der Waals surface area contributed by atoms with Crippen LogP contribution in [-0.4, -0.2) is 42.9 Å². The van der Waals surface area contributed by atoms with Crippen molar-refractivity contribution >= 4 is 23.4 Å². The van der Waals surface area contributed by atoms with Gasteiger partial charge in [0.15, 0.2) is 11.5 Å². The van der Waals surface area contributed by atoms with Crippen molar-refractivity contribution in [3.8, 4) is 17.2 Å². The summed E-state index contributed by atoms with van der Waals surface area (Å²) in [5.74, 6) is 3.27. The third kappa shape index (κ3) is 5.57. The van der Waals surface area contributed by atoms with Crippen LogP contribution in [0, 0.1) is 6.92 Å². The lowest BCUT2D eigenvalue weighted by atomic mass is 10.1. The van der Waals surface area contributed by atoms with E-state index in [1.54, 1.807) is 7.11 Å². The van der Waals surface area contributed by atoms with Crippen molar-refractivity contribution in [3.63, 3.8) is 0 Å². The van der Waals surface area contributed by atoms with Crippen molar-refractivity contribution in [1.82, 2.24) is 15.3 Å². The van der Waals surface area contributed by atoms with Gasteiger partial charge >= 0.3 is 0 Å². The van der Waals surface area contributed by atoms with Crippen LogP contribution in [0.5, 0.6) is 17.2 Å². The topological polar surface area (TPSA) is 107 Å². The summed E-state index contributed by atoms with van der Waals surface area (Å²) in [4.78, 5) is 21.1. The summed E-state index contributed by atoms with van der Waals surface area (Å²) < 4.78 is 15.8. The highest BCUT2D eigenvalue weighted by Gasteiger charge is 2.14. The van der Waals surface area contributed by atoms with E-state index in [0.29, 0.717) is 36.4 Å². The van der Waals surface area contributed by atoms with E-state index < -0.39 is 0 Å². The molecule has 3 aromatic rings. The summed E-state index contributed by atoms with van der Waals surface area (Å²) in [6.45, 7) is 3.06. The number of anilines is 3. The minimum absolute atomic E-state index is 0.0716. The molecule has 0 unspecified atom stereocenters. The highest BCUT2D eigenvalue weighted by Crippen LogP contribution is 2.32. The van der Waals surface area contributed by atoms with Crippen LogP contribution >= 0.6 is 0 Å². The van der Waals surface area contributed by atoms with Crippen molar-refractivity contribution in [1.29, 1.82) is 0 Å². The van der Waals surface area contributed by atoms with Gasteiger partial charge in [-0.2, -0.15) is 4.98 Å². The van der Waals surface area contributed by atoms with Gasteiger partial charge in [-0.1, -0.05) is 6.07 Å². The Morgan fingerprint density at radius 3 is 2.66 bits per heavy atom. The molecule has 166 valence electrons. The third-order valence-electron chi connectivity index (χ3n) is 4.75. The predicted molar refractivity (Wildman–Crippen MR) is 121 cm³/mol. The number of hydrogen-bond donors (Lipinski definition) is 3. The Labute approximate surface area is 186 Å². The van der Waals surface area contributed by atoms with Crippen LogP contribution < -0.4 is 30.2 Å². The summed E-state index contributed by atoms with van der Waals surface area (Å²) in [6.07, 6.45) is 0.271. The Morgan fingerprint density at radius 2 is 1.84 bits per heavy atom. The molecule has 2 aromatic carbocycles. The number of rotatable bonds is 9. The lowest BCUT2D eigenvalue weighted by Crippen LogP contribution is -2.30. The van der Waals surface area contributed by atoms with Crippen LogP contribution in [0.15, 0.2) is 48.5 Å². The first-order valence-electron chi connectivity index (χ1n) is 10.2. The molecular formula is C23H25N5O4. The first-order chi connectivity index (χ1) is 15.6. The molecule has 32 heavy (non-hydrogen) atoms. The fraction of sp³-hybridized carbons (Fsp3) is 0.261. The van der Waals surface area contributed by atoms with E-state index in [1.807, 2.05) is 55.5 Å². The Morgan fingerprint density at radius 1 is 1.03 bits per heavy atom. The van der Waals surface area contributed by atoms with Gasteiger partial charge in [-0.05, 0) is 48.9 Å². The molecule has 9 nitrogen and oxygen atoms in total. The number of nitrogens with zero attached hydrogens (tertiary/aromatic N) is 2. The number of methoxy groups -OCH3 is 1. The Balaban J connectivity index is 1.25. The number of nitrogens with one attached hydrogen (secondary N) is 3. The molecule has 1 aliphatic rings.